The molecule has 1 aliphatic rings. The molecular weight excluding hydrogens is 228 g/mol. The molecule has 0 saturated carbocycles. The van der Waals surface area contributed by atoms with Gasteiger partial charge in [0.05, 0.1) is 5.39 Å². The maximum absolute atomic E-state index is 12.3. The molecule has 1 aromatic heterocycles. The minimum absolute atomic E-state index is 0.0501. The number of phenols is 1. The van der Waals surface area contributed by atoms with Crippen molar-refractivity contribution in [2.24, 2.45) is 0 Å². The number of benzene rings is 1. The molecule has 0 spiro atoms. The van der Waals surface area contributed by atoms with Gasteiger partial charge in [0.15, 0.2) is 5.43 Å². The third kappa shape index (κ3) is 1.55. The van der Waals surface area contributed by atoms with Crippen LogP contribution in [0.5, 0.6) is 5.75 Å². The van der Waals surface area contributed by atoms with Gasteiger partial charge in [-0.05, 0) is 30.9 Å². The molecule has 0 fully saturated rings. The van der Waals surface area contributed by atoms with Gasteiger partial charge in [-0.15, -0.1) is 6.58 Å². The van der Waals surface area contributed by atoms with Gasteiger partial charge in [-0.3, -0.25) is 4.79 Å². The predicted octanol–water partition coefficient (Wildman–Crippen LogP) is 2.72. The number of hydrogen-bond donors (Lipinski definition) is 1. The highest BCUT2D eigenvalue weighted by Crippen LogP contribution is 2.28. The number of allylic oxidation sites excluding steroid dienone is 1. The number of rotatable bonds is 2. The van der Waals surface area contributed by atoms with E-state index >= 15 is 0 Å². The number of aryl methyl sites for hydroxylation is 1. The largest absolute Gasteiger partial charge is 0.508 e. The van der Waals surface area contributed by atoms with Crippen molar-refractivity contribution in [2.75, 3.05) is 0 Å². The van der Waals surface area contributed by atoms with Crippen LogP contribution in [0.1, 0.15) is 23.3 Å². The van der Waals surface area contributed by atoms with E-state index in [0.717, 1.165) is 30.6 Å². The Morgan fingerprint density at radius 3 is 3.00 bits per heavy atom. The van der Waals surface area contributed by atoms with Crippen LogP contribution in [-0.2, 0) is 19.3 Å². The third-order valence-electron chi connectivity index (χ3n) is 3.46. The SMILES string of the molecule is C=CCc1cc2c(=O)c3c(oc2cc1O)CCC3. The molecule has 92 valence electrons. The summed E-state index contributed by atoms with van der Waals surface area (Å²) in [6.07, 6.45) is 4.82. The molecule has 0 amide bonds. The third-order valence-corrected chi connectivity index (χ3v) is 3.46. The zero-order valence-corrected chi connectivity index (χ0v) is 10.0. The second-order valence-corrected chi connectivity index (χ2v) is 4.66. The van der Waals surface area contributed by atoms with Gasteiger partial charge in [0.1, 0.15) is 17.1 Å². The summed E-state index contributed by atoms with van der Waals surface area (Å²) in [5, 5.41) is 10.4. The second-order valence-electron chi connectivity index (χ2n) is 4.66. The Morgan fingerprint density at radius 1 is 1.39 bits per heavy atom. The lowest BCUT2D eigenvalue weighted by molar-refractivity contribution is 0.467. The molecule has 0 atom stereocenters. The maximum Gasteiger partial charge on any atom is 0.196 e. The predicted molar refractivity (Wildman–Crippen MR) is 70.1 cm³/mol. The summed E-state index contributed by atoms with van der Waals surface area (Å²) in [5.74, 6) is 0.937. The Labute approximate surface area is 104 Å². The first kappa shape index (κ1) is 11.1. The van der Waals surface area contributed by atoms with E-state index in [1.165, 1.54) is 6.07 Å². The molecule has 3 nitrogen and oxygen atoms in total. The first-order valence-corrected chi connectivity index (χ1v) is 6.12. The Hall–Kier alpha value is -2.03. The number of hydrogen-bond acceptors (Lipinski definition) is 3. The van der Waals surface area contributed by atoms with E-state index in [0.29, 0.717) is 23.0 Å². The molecule has 2 aromatic rings. The fraction of sp³-hybridized carbons (Fsp3) is 0.267. The summed E-state index contributed by atoms with van der Waals surface area (Å²) >= 11 is 0. The fourth-order valence-corrected chi connectivity index (χ4v) is 2.56. The Kier molecular flexibility index (Phi) is 2.47. The average Bonchev–Trinajstić information content (AvgIpc) is 2.80. The van der Waals surface area contributed by atoms with Crippen LogP contribution in [0, 0.1) is 0 Å². The van der Waals surface area contributed by atoms with Crippen molar-refractivity contribution in [3.63, 3.8) is 0 Å². The van der Waals surface area contributed by atoms with Gasteiger partial charge in [0, 0.05) is 18.1 Å². The van der Waals surface area contributed by atoms with Crippen molar-refractivity contribution in [3.8, 4) is 5.75 Å². The molecule has 0 bridgehead atoms. The quantitative estimate of drug-likeness (QED) is 0.824. The van der Waals surface area contributed by atoms with Gasteiger partial charge in [-0.2, -0.15) is 0 Å². The van der Waals surface area contributed by atoms with Crippen LogP contribution in [0.15, 0.2) is 34.0 Å². The summed E-state index contributed by atoms with van der Waals surface area (Å²) < 4.78 is 5.71. The topological polar surface area (TPSA) is 50.4 Å². The second kappa shape index (κ2) is 4.02. The summed E-state index contributed by atoms with van der Waals surface area (Å²) in [7, 11) is 0. The van der Waals surface area contributed by atoms with Crippen LogP contribution in [0.4, 0.5) is 0 Å². The number of aromatic hydroxyl groups is 1. The summed E-state index contributed by atoms with van der Waals surface area (Å²) in [4.78, 5) is 12.3. The van der Waals surface area contributed by atoms with Crippen molar-refractivity contribution in [3.05, 3.63) is 51.9 Å². The van der Waals surface area contributed by atoms with Crippen LogP contribution in [0.25, 0.3) is 11.0 Å². The van der Waals surface area contributed by atoms with Gasteiger partial charge in [0.25, 0.3) is 0 Å². The van der Waals surface area contributed by atoms with Gasteiger partial charge < -0.3 is 9.52 Å². The number of phenolic OH excluding ortho intramolecular Hbond substituents is 1. The van der Waals surface area contributed by atoms with E-state index < -0.39 is 0 Å². The van der Waals surface area contributed by atoms with Crippen LogP contribution in [0.3, 0.4) is 0 Å². The molecule has 1 N–H and O–H groups in total. The molecule has 3 heteroatoms. The van der Waals surface area contributed by atoms with Gasteiger partial charge in [0.2, 0.25) is 0 Å². The van der Waals surface area contributed by atoms with Gasteiger partial charge in [-0.25, -0.2) is 0 Å². The monoisotopic (exact) mass is 242 g/mol. The van der Waals surface area contributed by atoms with E-state index in [1.807, 2.05) is 0 Å². The lowest BCUT2D eigenvalue weighted by Gasteiger charge is -2.06. The standard InChI is InChI=1S/C15H14O3/c1-2-4-9-7-11-14(8-12(9)16)18-13-6-3-5-10(13)15(11)17/h2,7-8,16H,1,3-6H2. The molecule has 1 heterocycles. The Morgan fingerprint density at radius 2 is 2.22 bits per heavy atom. The lowest BCUT2D eigenvalue weighted by atomic mass is 10.1. The van der Waals surface area contributed by atoms with Crippen molar-refractivity contribution in [2.45, 2.75) is 25.7 Å². The smallest absolute Gasteiger partial charge is 0.196 e. The average molecular weight is 242 g/mol. The maximum atomic E-state index is 12.3. The molecule has 0 aliphatic heterocycles. The van der Waals surface area contributed by atoms with E-state index in [2.05, 4.69) is 6.58 Å². The molecule has 3 rings (SSSR count). The summed E-state index contributed by atoms with van der Waals surface area (Å²) in [6.45, 7) is 3.64. The normalized spacial score (nSPS) is 13.8. The first-order valence-electron chi connectivity index (χ1n) is 6.12. The Balaban J connectivity index is 2.34. The van der Waals surface area contributed by atoms with Crippen molar-refractivity contribution >= 4 is 11.0 Å². The zero-order valence-electron chi connectivity index (χ0n) is 10.0. The fourth-order valence-electron chi connectivity index (χ4n) is 2.56. The van der Waals surface area contributed by atoms with E-state index in [4.69, 9.17) is 4.42 Å². The first-order chi connectivity index (χ1) is 8.70. The highest BCUT2D eigenvalue weighted by molar-refractivity contribution is 5.80. The van der Waals surface area contributed by atoms with Crippen molar-refractivity contribution < 1.29 is 9.52 Å². The minimum atomic E-state index is 0.0501. The summed E-state index contributed by atoms with van der Waals surface area (Å²) in [5.41, 5.74) is 2.04. The van der Waals surface area contributed by atoms with Crippen molar-refractivity contribution in [1.29, 1.82) is 0 Å². The van der Waals surface area contributed by atoms with E-state index in [9.17, 15) is 9.90 Å². The highest BCUT2D eigenvalue weighted by Gasteiger charge is 2.20. The molecule has 0 saturated heterocycles. The minimum Gasteiger partial charge on any atom is -0.508 e. The van der Waals surface area contributed by atoms with Gasteiger partial charge >= 0.3 is 0 Å². The van der Waals surface area contributed by atoms with Crippen molar-refractivity contribution in [1.82, 2.24) is 0 Å². The molecule has 18 heavy (non-hydrogen) atoms. The molecule has 1 aliphatic carbocycles. The van der Waals surface area contributed by atoms with Crippen LogP contribution < -0.4 is 5.43 Å². The van der Waals surface area contributed by atoms with E-state index in [-0.39, 0.29) is 11.2 Å². The molecular formula is C15H14O3. The van der Waals surface area contributed by atoms with Gasteiger partial charge in [-0.1, -0.05) is 6.08 Å². The molecule has 1 aromatic carbocycles. The summed E-state index contributed by atoms with van der Waals surface area (Å²) in [6, 6.07) is 3.25. The molecule has 0 radical (unpaired) electrons. The van der Waals surface area contributed by atoms with Crippen LogP contribution in [0.2, 0.25) is 0 Å². The highest BCUT2D eigenvalue weighted by atomic mass is 16.3. The molecule has 0 unspecified atom stereocenters. The van der Waals surface area contributed by atoms with Crippen LogP contribution >= 0.6 is 0 Å². The zero-order chi connectivity index (χ0) is 12.7. The Bertz CT molecular complexity index is 695. The lowest BCUT2D eigenvalue weighted by Crippen LogP contribution is -2.08. The van der Waals surface area contributed by atoms with E-state index in [1.54, 1.807) is 12.1 Å². The van der Waals surface area contributed by atoms with Crippen LogP contribution in [-0.4, -0.2) is 5.11 Å². The number of fused-ring (bicyclic) bond motifs is 2.